The molecule has 2 nitrogen and oxygen atoms in total. The van der Waals surface area contributed by atoms with Crippen molar-refractivity contribution in [1.82, 2.24) is 10.3 Å². The van der Waals surface area contributed by atoms with Crippen LogP contribution in [0.4, 0.5) is 0 Å². The predicted molar refractivity (Wildman–Crippen MR) is 69.8 cm³/mol. The largest absolute Gasteiger partial charge is 0.311 e. The van der Waals surface area contributed by atoms with Crippen molar-refractivity contribution in [3.63, 3.8) is 0 Å². The monoisotopic (exact) mass is 238 g/mol. The molecule has 1 aliphatic rings. The summed E-state index contributed by atoms with van der Waals surface area (Å²) < 4.78 is 0. The van der Waals surface area contributed by atoms with Crippen LogP contribution in [0.1, 0.15) is 55.3 Å². The molecule has 2 rings (SSSR count). The second-order valence-electron chi connectivity index (χ2n) is 4.81. The maximum Gasteiger partial charge on any atom is 0.0898 e. The van der Waals surface area contributed by atoms with E-state index in [0.29, 0.717) is 6.04 Å². The summed E-state index contributed by atoms with van der Waals surface area (Å²) in [5.41, 5.74) is 1.26. The molecule has 1 N–H and O–H groups in total. The molecule has 0 bridgehead atoms. The van der Waals surface area contributed by atoms with Crippen LogP contribution in [-0.2, 0) is 0 Å². The van der Waals surface area contributed by atoms with Gasteiger partial charge in [-0.25, -0.2) is 4.98 Å². The number of rotatable bonds is 3. The lowest BCUT2D eigenvalue weighted by Crippen LogP contribution is -2.25. The number of nitrogens with one attached hydrogen (secondary N) is 1. The lowest BCUT2D eigenvalue weighted by Gasteiger charge is -2.24. The third kappa shape index (κ3) is 2.83. The van der Waals surface area contributed by atoms with E-state index >= 15 is 0 Å². The van der Waals surface area contributed by atoms with Gasteiger partial charge in [-0.15, -0.1) is 11.3 Å². The molecule has 0 aromatic carbocycles. The van der Waals surface area contributed by atoms with E-state index in [0.717, 1.165) is 5.92 Å². The summed E-state index contributed by atoms with van der Waals surface area (Å²) in [7, 11) is 2.07. The van der Waals surface area contributed by atoms with Gasteiger partial charge in [0.2, 0.25) is 0 Å². The second kappa shape index (κ2) is 5.78. The first kappa shape index (κ1) is 12.1. The Balaban J connectivity index is 2.08. The molecular formula is C13H22N2S. The zero-order chi connectivity index (χ0) is 11.4. The molecule has 1 saturated carbocycles. The Hall–Kier alpha value is -0.410. The zero-order valence-corrected chi connectivity index (χ0v) is 11.1. The highest BCUT2D eigenvalue weighted by molar-refractivity contribution is 7.09. The molecular weight excluding hydrogens is 216 g/mol. The third-order valence-electron chi connectivity index (χ3n) is 3.64. The van der Waals surface area contributed by atoms with Crippen molar-refractivity contribution in [1.29, 1.82) is 0 Å². The molecule has 0 radical (unpaired) electrons. The third-order valence-corrected chi connectivity index (χ3v) is 4.43. The lowest BCUT2D eigenvalue weighted by atomic mass is 9.90. The molecule has 90 valence electrons. The topological polar surface area (TPSA) is 24.9 Å². The van der Waals surface area contributed by atoms with Gasteiger partial charge in [-0.3, -0.25) is 0 Å². The van der Waals surface area contributed by atoms with Gasteiger partial charge in [0.1, 0.15) is 0 Å². The minimum atomic E-state index is 0.475. The first-order chi connectivity index (χ1) is 7.81. The smallest absolute Gasteiger partial charge is 0.0898 e. The fourth-order valence-electron chi connectivity index (χ4n) is 2.79. The normalized spacial score (nSPS) is 20.6. The van der Waals surface area contributed by atoms with Gasteiger partial charge in [-0.1, -0.05) is 25.7 Å². The van der Waals surface area contributed by atoms with E-state index in [-0.39, 0.29) is 0 Å². The molecule has 0 aliphatic heterocycles. The van der Waals surface area contributed by atoms with Crippen LogP contribution in [0.25, 0.3) is 0 Å². The van der Waals surface area contributed by atoms with Crippen LogP contribution in [0, 0.1) is 12.8 Å². The summed E-state index contributed by atoms with van der Waals surface area (Å²) in [6.45, 7) is 2.09. The van der Waals surface area contributed by atoms with Gasteiger partial charge in [-0.05, 0) is 32.7 Å². The fourth-order valence-corrected chi connectivity index (χ4v) is 3.44. The molecule has 16 heavy (non-hydrogen) atoms. The number of hydrogen-bond donors (Lipinski definition) is 1. The van der Waals surface area contributed by atoms with Crippen molar-refractivity contribution in [2.45, 2.75) is 51.5 Å². The summed E-state index contributed by atoms with van der Waals surface area (Å²) in [5.74, 6) is 0.786. The molecule has 1 unspecified atom stereocenters. The maximum atomic E-state index is 4.64. The second-order valence-corrected chi connectivity index (χ2v) is 5.87. The Kier molecular flexibility index (Phi) is 4.36. The highest BCUT2D eigenvalue weighted by atomic mass is 32.1. The van der Waals surface area contributed by atoms with Crippen molar-refractivity contribution < 1.29 is 0 Å². The Morgan fingerprint density at radius 2 is 2.00 bits per heavy atom. The van der Waals surface area contributed by atoms with Crippen LogP contribution in [0.3, 0.4) is 0 Å². The SMILES string of the molecule is CNC(c1csc(C)n1)C1CCCCCC1. The van der Waals surface area contributed by atoms with E-state index in [1.54, 1.807) is 11.3 Å². The van der Waals surface area contributed by atoms with Crippen LogP contribution in [0.5, 0.6) is 0 Å². The van der Waals surface area contributed by atoms with Gasteiger partial charge < -0.3 is 5.32 Å². The number of hydrogen-bond acceptors (Lipinski definition) is 3. The zero-order valence-electron chi connectivity index (χ0n) is 10.3. The molecule has 0 saturated heterocycles. The first-order valence-corrected chi connectivity index (χ1v) is 7.28. The number of aryl methyl sites for hydroxylation is 1. The Labute approximate surface area is 102 Å². The molecule has 1 fully saturated rings. The molecule has 1 heterocycles. The minimum Gasteiger partial charge on any atom is -0.311 e. The highest BCUT2D eigenvalue weighted by Crippen LogP contribution is 2.33. The number of thiazole rings is 1. The van der Waals surface area contributed by atoms with Gasteiger partial charge in [0.15, 0.2) is 0 Å². The fraction of sp³-hybridized carbons (Fsp3) is 0.769. The molecule has 1 aliphatic carbocycles. The van der Waals surface area contributed by atoms with E-state index in [4.69, 9.17) is 0 Å². The van der Waals surface area contributed by atoms with E-state index in [9.17, 15) is 0 Å². The first-order valence-electron chi connectivity index (χ1n) is 6.40. The average molecular weight is 238 g/mol. The van der Waals surface area contributed by atoms with Gasteiger partial charge >= 0.3 is 0 Å². The molecule has 3 heteroatoms. The molecule has 1 aromatic rings. The average Bonchev–Trinajstić information content (AvgIpc) is 2.55. The van der Waals surface area contributed by atoms with Crippen LogP contribution >= 0.6 is 11.3 Å². The van der Waals surface area contributed by atoms with Crippen molar-refractivity contribution in [2.75, 3.05) is 7.05 Å². The van der Waals surface area contributed by atoms with Crippen LogP contribution in [0.2, 0.25) is 0 Å². The summed E-state index contributed by atoms with van der Waals surface area (Å²) >= 11 is 1.77. The number of aromatic nitrogens is 1. The Bertz CT molecular complexity index is 313. The van der Waals surface area contributed by atoms with Crippen molar-refractivity contribution >= 4 is 11.3 Å². The van der Waals surface area contributed by atoms with E-state index in [1.807, 2.05) is 0 Å². The molecule has 1 atom stereocenters. The standard InChI is InChI=1S/C13H22N2S/c1-10-15-12(9-16-10)13(14-2)11-7-5-3-4-6-8-11/h9,11,13-14H,3-8H2,1-2H3. The number of nitrogens with zero attached hydrogens (tertiary/aromatic N) is 1. The predicted octanol–water partition coefficient (Wildman–Crippen LogP) is 3.68. The summed E-state index contributed by atoms with van der Waals surface area (Å²) in [6.07, 6.45) is 8.36. The van der Waals surface area contributed by atoms with Crippen molar-refractivity contribution in [3.05, 3.63) is 16.1 Å². The molecule has 0 spiro atoms. The van der Waals surface area contributed by atoms with E-state index < -0.39 is 0 Å². The summed E-state index contributed by atoms with van der Waals surface area (Å²) in [5, 5.41) is 6.88. The van der Waals surface area contributed by atoms with Gasteiger partial charge in [0, 0.05) is 5.38 Å². The Morgan fingerprint density at radius 1 is 1.31 bits per heavy atom. The van der Waals surface area contributed by atoms with Gasteiger partial charge in [0.25, 0.3) is 0 Å². The van der Waals surface area contributed by atoms with Crippen LogP contribution in [-0.4, -0.2) is 12.0 Å². The van der Waals surface area contributed by atoms with E-state index in [1.165, 1.54) is 49.2 Å². The van der Waals surface area contributed by atoms with E-state index in [2.05, 4.69) is 29.7 Å². The highest BCUT2D eigenvalue weighted by Gasteiger charge is 2.24. The lowest BCUT2D eigenvalue weighted by molar-refractivity contribution is 0.336. The molecule has 1 aromatic heterocycles. The molecule has 0 amide bonds. The van der Waals surface area contributed by atoms with Crippen LogP contribution < -0.4 is 5.32 Å². The Morgan fingerprint density at radius 3 is 2.50 bits per heavy atom. The maximum absolute atomic E-state index is 4.64. The van der Waals surface area contributed by atoms with Gasteiger partial charge in [-0.2, -0.15) is 0 Å². The van der Waals surface area contributed by atoms with Crippen LogP contribution in [0.15, 0.2) is 5.38 Å². The van der Waals surface area contributed by atoms with Crippen molar-refractivity contribution in [2.24, 2.45) is 5.92 Å². The van der Waals surface area contributed by atoms with Crippen molar-refractivity contribution in [3.8, 4) is 0 Å². The summed E-state index contributed by atoms with van der Waals surface area (Å²) in [4.78, 5) is 4.64. The minimum absolute atomic E-state index is 0.475. The quantitative estimate of drug-likeness (QED) is 0.813. The van der Waals surface area contributed by atoms with Gasteiger partial charge in [0.05, 0.1) is 16.7 Å². The summed E-state index contributed by atoms with van der Waals surface area (Å²) in [6, 6.07) is 0.475.